The number of ether oxygens (including phenoxy) is 3. The van der Waals surface area contributed by atoms with Crippen molar-refractivity contribution < 1.29 is 28.5 Å². The molecule has 0 saturated heterocycles. The highest BCUT2D eigenvalue weighted by Gasteiger charge is 2.18. The van der Waals surface area contributed by atoms with E-state index in [2.05, 4.69) is 10.8 Å². The Hall–Kier alpha value is -3.88. The van der Waals surface area contributed by atoms with Crippen molar-refractivity contribution in [3.05, 3.63) is 94.4 Å². The Morgan fingerprint density at radius 1 is 1.11 bits per heavy atom. The summed E-state index contributed by atoms with van der Waals surface area (Å²) in [7, 11) is 0. The van der Waals surface area contributed by atoms with E-state index in [-0.39, 0.29) is 24.8 Å². The lowest BCUT2D eigenvalue weighted by Crippen LogP contribution is -2.14. The summed E-state index contributed by atoms with van der Waals surface area (Å²) in [6.45, 7) is 1.70. The Morgan fingerprint density at radius 2 is 1.94 bits per heavy atom. The van der Waals surface area contributed by atoms with E-state index in [4.69, 9.17) is 25.1 Å². The molecule has 7 nitrogen and oxygen atoms in total. The fourth-order valence-electron chi connectivity index (χ4n) is 4.40. The van der Waals surface area contributed by atoms with Crippen LogP contribution >= 0.6 is 0 Å². The lowest BCUT2D eigenvalue weighted by Gasteiger charge is -2.21. The van der Waals surface area contributed by atoms with E-state index in [1.807, 2.05) is 30.3 Å². The van der Waals surface area contributed by atoms with Gasteiger partial charge in [0.25, 0.3) is 0 Å². The van der Waals surface area contributed by atoms with Crippen molar-refractivity contribution in [1.82, 2.24) is 4.57 Å². The second kappa shape index (κ2) is 9.77. The van der Waals surface area contributed by atoms with Gasteiger partial charge in [0, 0.05) is 34.8 Å². The molecule has 5 rings (SSSR count). The van der Waals surface area contributed by atoms with Crippen molar-refractivity contribution in [2.75, 3.05) is 13.3 Å². The number of halogens is 1. The van der Waals surface area contributed by atoms with Crippen LogP contribution < -0.4 is 15.2 Å². The Balaban J connectivity index is 1.40. The monoisotopic (exact) mass is 476 g/mol. The van der Waals surface area contributed by atoms with Crippen LogP contribution in [0.15, 0.2) is 60.8 Å². The van der Waals surface area contributed by atoms with Gasteiger partial charge in [-0.25, -0.2) is 9.18 Å². The number of hydrogen-bond donors (Lipinski definition) is 2. The molecule has 0 saturated carbocycles. The molecular formula is C27H25FN2O5. The zero-order valence-corrected chi connectivity index (χ0v) is 19.0. The van der Waals surface area contributed by atoms with Crippen molar-refractivity contribution >= 4 is 16.9 Å². The molecule has 1 aromatic heterocycles. The van der Waals surface area contributed by atoms with Crippen LogP contribution in [0.4, 0.5) is 4.39 Å². The lowest BCUT2D eigenvalue weighted by molar-refractivity contribution is -0.0178. The molecule has 0 aliphatic carbocycles. The predicted octanol–water partition coefficient (Wildman–Crippen LogP) is 4.47. The molecule has 1 aliphatic rings. The summed E-state index contributed by atoms with van der Waals surface area (Å²) in [6.07, 6.45) is 2.78. The minimum absolute atomic E-state index is 0.132. The molecule has 0 radical (unpaired) electrons. The maximum Gasteiger partial charge on any atom is 0.335 e. The van der Waals surface area contributed by atoms with Crippen molar-refractivity contribution in [3.63, 3.8) is 0 Å². The van der Waals surface area contributed by atoms with E-state index in [1.165, 1.54) is 12.1 Å². The number of aromatic nitrogens is 1. The number of nitrogens with two attached hydrogens (primary N) is 1. The number of carboxylic acids is 1. The quantitative estimate of drug-likeness (QED) is 0.390. The van der Waals surface area contributed by atoms with Gasteiger partial charge in [0.05, 0.1) is 12.2 Å². The van der Waals surface area contributed by atoms with Crippen molar-refractivity contribution in [2.45, 2.75) is 26.2 Å². The second-order valence-corrected chi connectivity index (χ2v) is 8.45. The smallest absolute Gasteiger partial charge is 0.335 e. The van der Waals surface area contributed by atoms with E-state index < -0.39 is 5.97 Å². The topological polar surface area (TPSA) is 95.9 Å². The number of carbonyl (C=O) groups is 1. The summed E-state index contributed by atoms with van der Waals surface area (Å²) < 4.78 is 33.0. The van der Waals surface area contributed by atoms with Crippen LogP contribution in [0.3, 0.4) is 0 Å². The summed E-state index contributed by atoms with van der Waals surface area (Å²) in [4.78, 5) is 11.1. The van der Waals surface area contributed by atoms with E-state index in [0.29, 0.717) is 48.7 Å². The molecule has 0 bridgehead atoms. The highest BCUT2D eigenvalue weighted by Crippen LogP contribution is 2.32. The summed E-state index contributed by atoms with van der Waals surface area (Å²) >= 11 is 0. The van der Waals surface area contributed by atoms with Gasteiger partial charge in [-0.1, -0.05) is 12.1 Å². The van der Waals surface area contributed by atoms with Crippen LogP contribution in [0.1, 0.15) is 32.6 Å². The highest BCUT2D eigenvalue weighted by molar-refractivity contribution is 5.87. The SMILES string of the molecule is NCCc1cn(Cc2ccc(C(=O)O)cc2)c2ccc(OCc3cc(F)cc4c3OCOC4)cc12. The van der Waals surface area contributed by atoms with E-state index in [9.17, 15) is 9.18 Å². The van der Waals surface area contributed by atoms with Gasteiger partial charge >= 0.3 is 5.97 Å². The number of carboxylic acid groups (broad SMARTS) is 1. The molecule has 0 spiro atoms. The van der Waals surface area contributed by atoms with E-state index in [1.54, 1.807) is 12.1 Å². The number of nitrogens with zero attached hydrogens (tertiary/aromatic N) is 1. The van der Waals surface area contributed by atoms with Crippen LogP contribution in [0, 0.1) is 5.82 Å². The molecule has 1 aliphatic heterocycles. The molecular weight excluding hydrogens is 451 g/mol. The number of rotatable bonds is 8. The Kier molecular flexibility index (Phi) is 6.39. The summed E-state index contributed by atoms with van der Waals surface area (Å²) in [5.41, 5.74) is 10.5. The van der Waals surface area contributed by atoms with Gasteiger partial charge in [-0.05, 0) is 66.6 Å². The average molecular weight is 477 g/mol. The fourth-order valence-corrected chi connectivity index (χ4v) is 4.40. The number of aromatic carboxylic acids is 1. The third kappa shape index (κ3) is 4.84. The zero-order chi connectivity index (χ0) is 24.4. The van der Waals surface area contributed by atoms with Crippen molar-refractivity contribution in [3.8, 4) is 11.5 Å². The van der Waals surface area contributed by atoms with Crippen molar-refractivity contribution in [2.24, 2.45) is 5.73 Å². The molecule has 0 unspecified atom stereocenters. The average Bonchev–Trinajstić information content (AvgIpc) is 3.19. The van der Waals surface area contributed by atoms with Gasteiger partial charge < -0.3 is 29.6 Å². The van der Waals surface area contributed by atoms with Gasteiger partial charge in [-0.2, -0.15) is 0 Å². The van der Waals surface area contributed by atoms with Gasteiger partial charge in [-0.15, -0.1) is 0 Å². The third-order valence-electron chi connectivity index (χ3n) is 6.05. The van der Waals surface area contributed by atoms with Gasteiger partial charge in [0.15, 0.2) is 6.79 Å². The molecule has 180 valence electrons. The predicted molar refractivity (Wildman–Crippen MR) is 128 cm³/mol. The number of fused-ring (bicyclic) bond motifs is 2. The molecule has 8 heteroatoms. The molecule has 2 heterocycles. The Bertz CT molecular complexity index is 1380. The second-order valence-electron chi connectivity index (χ2n) is 8.45. The molecule has 35 heavy (non-hydrogen) atoms. The Morgan fingerprint density at radius 3 is 2.71 bits per heavy atom. The first-order valence-electron chi connectivity index (χ1n) is 11.3. The first-order chi connectivity index (χ1) is 17.0. The summed E-state index contributed by atoms with van der Waals surface area (Å²) in [5, 5.41) is 10.2. The largest absolute Gasteiger partial charge is 0.489 e. The third-order valence-corrected chi connectivity index (χ3v) is 6.05. The highest BCUT2D eigenvalue weighted by atomic mass is 19.1. The lowest BCUT2D eigenvalue weighted by atomic mass is 10.1. The number of benzene rings is 3. The van der Waals surface area contributed by atoms with Crippen LogP contribution in [0.2, 0.25) is 0 Å². The molecule has 3 aromatic carbocycles. The first-order valence-corrected chi connectivity index (χ1v) is 11.3. The summed E-state index contributed by atoms with van der Waals surface area (Å²) in [5.74, 6) is -0.0306. The maximum absolute atomic E-state index is 14.1. The Labute approximate surface area is 201 Å². The zero-order valence-electron chi connectivity index (χ0n) is 19.0. The molecule has 3 N–H and O–H groups in total. The normalized spacial score (nSPS) is 12.9. The van der Waals surface area contributed by atoms with Gasteiger partial charge in [-0.3, -0.25) is 0 Å². The van der Waals surface area contributed by atoms with Gasteiger partial charge in [0.1, 0.15) is 23.9 Å². The molecule has 4 aromatic rings. The fraction of sp³-hybridized carbons (Fsp3) is 0.222. The van der Waals surface area contributed by atoms with Crippen molar-refractivity contribution in [1.29, 1.82) is 0 Å². The minimum atomic E-state index is -0.945. The minimum Gasteiger partial charge on any atom is -0.489 e. The van der Waals surface area contributed by atoms with E-state index >= 15 is 0 Å². The van der Waals surface area contributed by atoms with Crippen LogP contribution in [-0.4, -0.2) is 29.0 Å². The van der Waals surface area contributed by atoms with Crippen LogP contribution in [-0.2, 0) is 30.9 Å². The first kappa shape index (κ1) is 22.9. The van der Waals surface area contributed by atoms with Crippen LogP contribution in [0.25, 0.3) is 10.9 Å². The van der Waals surface area contributed by atoms with Crippen LogP contribution in [0.5, 0.6) is 11.5 Å². The van der Waals surface area contributed by atoms with Gasteiger partial charge in [0.2, 0.25) is 0 Å². The molecule has 0 amide bonds. The van der Waals surface area contributed by atoms with E-state index in [0.717, 1.165) is 22.0 Å². The summed E-state index contributed by atoms with van der Waals surface area (Å²) in [6, 6.07) is 15.5. The molecule has 0 atom stereocenters. The maximum atomic E-state index is 14.1. The molecule has 0 fully saturated rings. The standard InChI is InChI=1S/C27H25FN2O5/c28-22-9-20-14-33-16-35-26(20)21(10-22)15-34-23-5-6-25-24(11-23)19(7-8-29)13-30(25)12-17-1-3-18(4-2-17)27(31)32/h1-6,9-11,13H,7-8,12,14-16,29H2,(H,31,32). The number of hydrogen-bond acceptors (Lipinski definition) is 5.